The van der Waals surface area contributed by atoms with Gasteiger partial charge in [0.1, 0.15) is 5.16 Å². The smallest absolute Gasteiger partial charge is 0.112 e. The van der Waals surface area contributed by atoms with Gasteiger partial charge in [-0.25, -0.2) is 0 Å². The second-order valence-corrected chi connectivity index (χ2v) is 3.33. The third-order valence-electron chi connectivity index (χ3n) is 1.08. The minimum Gasteiger partial charge on any atom is -0.375 e. The Balaban J connectivity index is 3.68. The first-order chi connectivity index (χ1) is 4.72. The number of hydrogen-bond acceptors (Lipinski definition) is 1. The zero-order chi connectivity index (χ0) is 7.98. The van der Waals surface area contributed by atoms with Crippen molar-refractivity contribution in [1.29, 1.82) is 0 Å². The molecular formula is C7H13BrClN. The number of hydrogen-bond donors (Lipinski definition) is 1. The Morgan fingerprint density at radius 1 is 1.50 bits per heavy atom. The van der Waals surface area contributed by atoms with Crippen LogP contribution in [0.1, 0.15) is 26.7 Å². The van der Waals surface area contributed by atoms with E-state index in [0.29, 0.717) is 0 Å². The van der Waals surface area contributed by atoms with Crippen molar-refractivity contribution in [2.45, 2.75) is 26.7 Å². The molecule has 1 nitrogen and oxygen atoms in total. The van der Waals surface area contributed by atoms with Crippen molar-refractivity contribution < 1.29 is 0 Å². The number of halogens is 2. The minimum absolute atomic E-state index is 0.740. The highest BCUT2D eigenvalue weighted by Gasteiger charge is 1.95. The van der Waals surface area contributed by atoms with Crippen molar-refractivity contribution >= 4 is 27.5 Å². The molecule has 0 heterocycles. The van der Waals surface area contributed by atoms with E-state index in [4.69, 9.17) is 11.6 Å². The lowest BCUT2D eigenvalue weighted by Gasteiger charge is -2.03. The quantitative estimate of drug-likeness (QED) is 0.726. The van der Waals surface area contributed by atoms with E-state index in [1.807, 2.05) is 0 Å². The average molecular weight is 227 g/mol. The van der Waals surface area contributed by atoms with Crippen LogP contribution in [0.2, 0.25) is 0 Å². The van der Waals surface area contributed by atoms with Crippen LogP contribution in [0.15, 0.2) is 9.64 Å². The van der Waals surface area contributed by atoms with Gasteiger partial charge in [-0.2, -0.15) is 0 Å². The Kier molecular flexibility index (Phi) is 6.24. The SMILES string of the molecule is CCCN/C(Cl)=C(/Br)CC. The monoisotopic (exact) mass is 225 g/mol. The standard InChI is InChI=1S/C7H13BrClN/c1-3-5-10-7(9)6(8)4-2/h10H,3-5H2,1-2H3/b7-6+. The summed E-state index contributed by atoms with van der Waals surface area (Å²) < 4.78 is 1.04. The zero-order valence-corrected chi connectivity index (χ0v) is 8.72. The largest absolute Gasteiger partial charge is 0.375 e. The molecule has 0 aliphatic carbocycles. The van der Waals surface area contributed by atoms with Gasteiger partial charge < -0.3 is 5.32 Å². The molecule has 1 N–H and O–H groups in total. The van der Waals surface area contributed by atoms with E-state index in [1.54, 1.807) is 0 Å². The van der Waals surface area contributed by atoms with Crippen LogP contribution in [0.25, 0.3) is 0 Å². The lowest BCUT2D eigenvalue weighted by molar-refractivity contribution is 0.793. The third-order valence-corrected chi connectivity index (χ3v) is 2.63. The summed E-state index contributed by atoms with van der Waals surface area (Å²) in [5, 5.41) is 3.82. The maximum atomic E-state index is 5.83. The molecule has 0 aromatic carbocycles. The van der Waals surface area contributed by atoms with Crippen LogP contribution in [0.5, 0.6) is 0 Å². The second-order valence-electron chi connectivity index (χ2n) is 2.00. The average Bonchev–Trinajstić information content (AvgIpc) is 1.98. The van der Waals surface area contributed by atoms with Crippen LogP contribution in [-0.4, -0.2) is 6.54 Å². The Labute approximate surface area is 76.0 Å². The molecule has 0 aliphatic rings. The normalized spacial score (nSPS) is 12.8. The molecule has 0 spiro atoms. The highest BCUT2D eigenvalue weighted by Crippen LogP contribution is 2.16. The summed E-state index contributed by atoms with van der Waals surface area (Å²) in [4.78, 5) is 0. The molecule has 0 aromatic heterocycles. The van der Waals surface area contributed by atoms with Crippen molar-refractivity contribution in [1.82, 2.24) is 5.32 Å². The predicted octanol–water partition coefficient (Wildman–Crippen LogP) is 3.20. The summed E-state index contributed by atoms with van der Waals surface area (Å²) in [6, 6.07) is 0. The lowest BCUT2D eigenvalue weighted by Crippen LogP contribution is -2.10. The van der Waals surface area contributed by atoms with E-state index in [0.717, 1.165) is 29.0 Å². The fourth-order valence-corrected chi connectivity index (χ4v) is 0.854. The minimum atomic E-state index is 0.740. The van der Waals surface area contributed by atoms with Crippen molar-refractivity contribution in [3.8, 4) is 0 Å². The summed E-state index contributed by atoms with van der Waals surface area (Å²) in [7, 11) is 0. The molecule has 0 bridgehead atoms. The molecule has 10 heavy (non-hydrogen) atoms. The van der Waals surface area contributed by atoms with E-state index < -0.39 is 0 Å². The number of allylic oxidation sites excluding steroid dienone is 1. The summed E-state index contributed by atoms with van der Waals surface area (Å²) in [5.41, 5.74) is 0. The summed E-state index contributed by atoms with van der Waals surface area (Å²) in [6.45, 7) is 5.10. The molecular weight excluding hydrogens is 213 g/mol. The van der Waals surface area contributed by atoms with Crippen molar-refractivity contribution in [2.24, 2.45) is 0 Å². The van der Waals surface area contributed by atoms with Gasteiger partial charge in [0, 0.05) is 11.0 Å². The molecule has 3 heteroatoms. The fraction of sp³-hybridized carbons (Fsp3) is 0.714. The number of rotatable bonds is 4. The molecule has 0 unspecified atom stereocenters. The van der Waals surface area contributed by atoms with Gasteiger partial charge in [0.2, 0.25) is 0 Å². The topological polar surface area (TPSA) is 12.0 Å². The van der Waals surface area contributed by atoms with E-state index in [2.05, 4.69) is 35.1 Å². The van der Waals surface area contributed by atoms with Crippen molar-refractivity contribution in [3.05, 3.63) is 9.64 Å². The maximum absolute atomic E-state index is 5.83. The Hall–Kier alpha value is 0.310. The molecule has 0 aliphatic heterocycles. The van der Waals surface area contributed by atoms with E-state index in [9.17, 15) is 0 Å². The highest BCUT2D eigenvalue weighted by molar-refractivity contribution is 9.11. The molecule has 0 rings (SSSR count). The van der Waals surface area contributed by atoms with Crippen LogP contribution in [0, 0.1) is 0 Å². The Morgan fingerprint density at radius 3 is 2.50 bits per heavy atom. The second kappa shape index (κ2) is 6.05. The van der Waals surface area contributed by atoms with E-state index in [1.165, 1.54) is 0 Å². The first-order valence-corrected chi connectivity index (χ1v) is 4.67. The lowest BCUT2D eigenvalue weighted by atomic mass is 10.4. The van der Waals surface area contributed by atoms with E-state index in [-0.39, 0.29) is 0 Å². The van der Waals surface area contributed by atoms with Gasteiger partial charge in [-0.05, 0) is 12.8 Å². The third kappa shape index (κ3) is 4.18. The Morgan fingerprint density at radius 2 is 2.10 bits per heavy atom. The van der Waals surface area contributed by atoms with Crippen molar-refractivity contribution in [2.75, 3.05) is 6.54 Å². The fourth-order valence-electron chi connectivity index (χ4n) is 0.486. The molecule has 0 aromatic rings. The van der Waals surface area contributed by atoms with Crippen LogP contribution >= 0.6 is 27.5 Å². The molecule has 0 saturated heterocycles. The van der Waals surface area contributed by atoms with Gasteiger partial charge in [0.15, 0.2) is 0 Å². The van der Waals surface area contributed by atoms with Gasteiger partial charge in [0.05, 0.1) is 0 Å². The van der Waals surface area contributed by atoms with Gasteiger partial charge in [-0.1, -0.05) is 41.4 Å². The van der Waals surface area contributed by atoms with Crippen LogP contribution in [0.3, 0.4) is 0 Å². The molecule has 0 fully saturated rings. The van der Waals surface area contributed by atoms with Gasteiger partial charge >= 0.3 is 0 Å². The molecule has 0 amide bonds. The van der Waals surface area contributed by atoms with Crippen LogP contribution in [-0.2, 0) is 0 Å². The molecule has 0 saturated carbocycles. The van der Waals surface area contributed by atoms with Crippen LogP contribution in [0.4, 0.5) is 0 Å². The summed E-state index contributed by atoms with van der Waals surface area (Å²) in [5.74, 6) is 0. The number of nitrogens with one attached hydrogen (secondary N) is 1. The van der Waals surface area contributed by atoms with Gasteiger partial charge in [-0.15, -0.1) is 0 Å². The summed E-state index contributed by atoms with van der Waals surface area (Å²) in [6.07, 6.45) is 2.04. The van der Waals surface area contributed by atoms with Crippen LogP contribution < -0.4 is 5.32 Å². The maximum Gasteiger partial charge on any atom is 0.112 e. The van der Waals surface area contributed by atoms with Gasteiger partial charge in [-0.3, -0.25) is 0 Å². The first-order valence-electron chi connectivity index (χ1n) is 3.50. The zero-order valence-electron chi connectivity index (χ0n) is 6.38. The first kappa shape index (κ1) is 10.3. The molecule has 0 atom stereocenters. The van der Waals surface area contributed by atoms with Gasteiger partial charge in [0.25, 0.3) is 0 Å². The molecule has 60 valence electrons. The molecule has 0 radical (unpaired) electrons. The summed E-state index contributed by atoms with van der Waals surface area (Å²) >= 11 is 9.19. The highest BCUT2D eigenvalue weighted by atomic mass is 79.9. The Bertz CT molecular complexity index is 123. The predicted molar refractivity (Wildman–Crippen MR) is 50.4 cm³/mol. The van der Waals surface area contributed by atoms with E-state index >= 15 is 0 Å². The van der Waals surface area contributed by atoms with Crippen molar-refractivity contribution in [3.63, 3.8) is 0 Å².